The summed E-state index contributed by atoms with van der Waals surface area (Å²) in [6.07, 6.45) is 2.98. The molecule has 19 heavy (non-hydrogen) atoms. The second kappa shape index (κ2) is 5.84. The van der Waals surface area contributed by atoms with Crippen molar-refractivity contribution in [3.63, 3.8) is 0 Å². The topological polar surface area (TPSA) is 57.0 Å². The molecule has 2 heterocycles. The first-order valence-corrected chi connectivity index (χ1v) is 6.27. The van der Waals surface area contributed by atoms with Gasteiger partial charge in [-0.25, -0.2) is 4.98 Å². The maximum atomic E-state index is 10.5. The molecule has 0 fully saturated rings. The summed E-state index contributed by atoms with van der Waals surface area (Å²) in [5, 5.41) is 4.95. The highest BCUT2D eigenvalue weighted by molar-refractivity contribution is 6.31. The lowest BCUT2D eigenvalue weighted by atomic mass is 10.3. The number of aryl methyl sites for hydroxylation is 2. The van der Waals surface area contributed by atoms with Gasteiger partial charge in [-0.05, 0) is 18.6 Å². The fraction of sp³-hybridized carbons (Fsp3) is 0.308. The van der Waals surface area contributed by atoms with E-state index in [1.807, 2.05) is 14.0 Å². The van der Waals surface area contributed by atoms with Gasteiger partial charge < -0.3 is 4.74 Å². The summed E-state index contributed by atoms with van der Waals surface area (Å²) in [5.74, 6) is 0.584. The predicted octanol–water partition coefficient (Wildman–Crippen LogP) is 2.42. The van der Waals surface area contributed by atoms with Crippen molar-refractivity contribution < 1.29 is 9.53 Å². The molecule has 0 N–H and O–H groups in total. The minimum absolute atomic E-state index is 0.310. The first-order chi connectivity index (χ1) is 9.15. The smallest absolute Gasteiger partial charge is 0.168 e. The highest BCUT2D eigenvalue weighted by atomic mass is 35.5. The monoisotopic (exact) mass is 279 g/mol. The van der Waals surface area contributed by atoms with Gasteiger partial charge in [-0.1, -0.05) is 18.5 Å². The molecule has 0 aliphatic rings. The van der Waals surface area contributed by atoms with Crippen LogP contribution in [0.2, 0.25) is 5.02 Å². The number of rotatable bonds is 5. The highest BCUT2D eigenvalue weighted by Crippen LogP contribution is 2.22. The van der Waals surface area contributed by atoms with Crippen molar-refractivity contribution in [3.05, 3.63) is 40.4 Å². The predicted molar refractivity (Wildman–Crippen MR) is 71.6 cm³/mol. The quantitative estimate of drug-likeness (QED) is 0.789. The Bertz CT molecular complexity index is 578. The summed E-state index contributed by atoms with van der Waals surface area (Å²) in [5.41, 5.74) is 2.05. The van der Waals surface area contributed by atoms with E-state index in [0.717, 1.165) is 17.8 Å². The van der Waals surface area contributed by atoms with Gasteiger partial charge in [-0.3, -0.25) is 9.48 Å². The molecule has 0 spiro atoms. The molecular weight excluding hydrogens is 266 g/mol. The van der Waals surface area contributed by atoms with E-state index in [-0.39, 0.29) is 0 Å². The van der Waals surface area contributed by atoms with Gasteiger partial charge in [-0.2, -0.15) is 5.10 Å². The molecule has 0 aliphatic carbocycles. The number of carbonyl (C=O) groups excluding carboxylic acids is 1. The van der Waals surface area contributed by atoms with Crippen molar-refractivity contribution in [2.45, 2.75) is 20.0 Å². The molecule has 2 rings (SSSR count). The minimum atomic E-state index is 0.310. The van der Waals surface area contributed by atoms with Gasteiger partial charge in [0.2, 0.25) is 0 Å². The van der Waals surface area contributed by atoms with E-state index in [1.165, 1.54) is 6.20 Å². The van der Waals surface area contributed by atoms with Crippen molar-refractivity contribution in [2.75, 3.05) is 0 Å². The molecule has 0 bridgehead atoms. The van der Waals surface area contributed by atoms with Gasteiger partial charge >= 0.3 is 0 Å². The Morgan fingerprint density at radius 1 is 1.47 bits per heavy atom. The lowest BCUT2D eigenvalue weighted by molar-refractivity contribution is 0.111. The zero-order chi connectivity index (χ0) is 13.8. The Balaban J connectivity index is 2.09. The standard InChI is InChI=1S/C13H14ClN3O2/c1-3-11-13(14)12(17(2)16-11)8-19-10-5-4-9(7-18)15-6-10/h4-7H,3,8H2,1-2H3. The number of nitrogens with zero attached hydrogens (tertiary/aromatic N) is 3. The number of aldehydes is 1. The second-order valence-electron chi connectivity index (χ2n) is 4.01. The van der Waals surface area contributed by atoms with E-state index in [2.05, 4.69) is 10.1 Å². The Hall–Kier alpha value is -1.88. The molecule has 100 valence electrons. The van der Waals surface area contributed by atoms with Crippen molar-refractivity contribution in [1.82, 2.24) is 14.8 Å². The van der Waals surface area contributed by atoms with Gasteiger partial charge in [0, 0.05) is 7.05 Å². The number of hydrogen-bond acceptors (Lipinski definition) is 4. The molecular formula is C13H14ClN3O2. The summed E-state index contributed by atoms with van der Waals surface area (Å²) in [7, 11) is 1.83. The minimum Gasteiger partial charge on any atom is -0.486 e. The molecule has 5 nitrogen and oxygen atoms in total. The second-order valence-corrected chi connectivity index (χ2v) is 4.39. The highest BCUT2D eigenvalue weighted by Gasteiger charge is 2.13. The molecule has 0 saturated heterocycles. The van der Waals surface area contributed by atoms with E-state index in [4.69, 9.17) is 16.3 Å². The Morgan fingerprint density at radius 2 is 2.26 bits per heavy atom. The van der Waals surface area contributed by atoms with Crippen LogP contribution in [-0.2, 0) is 20.1 Å². The number of pyridine rings is 1. The maximum Gasteiger partial charge on any atom is 0.168 e. The largest absolute Gasteiger partial charge is 0.486 e. The Labute approximate surface area is 116 Å². The summed E-state index contributed by atoms with van der Waals surface area (Å²) in [4.78, 5) is 14.4. The van der Waals surface area contributed by atoms with Crippen LogP contribution in [0.1, 0.15) is 28.8 Å². The van der Waals surface area contributed by atoms with Crippen LogP contribution in [0, 0.1) is 0 Å². The molecule has 0 aliphatic heterocycles. The van der Waals surface area contributed by atoms with Gasteiger partial charge in [0.15, 0.2) is 6.29 Å². The normalized spacial score (nSPS) is 10.5. The molecule has 0 aromatic carbocycles. The third-order valence-electron chi connectivity index (χ3n) is 2.76. The van der Waals surface area contributed by atoms with Crippen LogP contribution in [0.15, 0.2) is 18.3 Å². The van der Waals surface area contributed by atoms with Crippen LogP contribution in [-0.4, -0.2) is 21.1 Å². The van der Waals surface area contributed by atoms with Crippen LogP contribution < -0.4 is 4.74 Å². The van der Waals surface area contributed by atoms with E-state index in [0.29, 0.717) is 29.4 Å². The van der Waals surface area contributed by atoms with Crippen molar-refractivity contribution >= 4 is 17.9 Å². The van der Waals surface area contributed by atoms with E-state index >= 15 is 0 Å². The average Bonchev–Trinajstić information content (AvgIpc) is 2.72. The fourth-order valence-corrected chi connectivity index (χ4v) is 2.02. The number of aromatic nitrogens is 3. The van der Waals surface area contributed by atoms with E-state index in [9.17, 15) is 4.79 Å². The maximum absolute atomic E-state index is 10.5. The first-order valence-electron chi connectivity index (χ1n) is 5.90. The molecule has 2 aromatic rings. The molecule has 0 amide bonds. The van der Waals surface area contributed by atoms with Crippen LogP contribution in [0.25, 0.3) is 0 Å². The van der Waals surface area contributed by atoms with E-state index < -0.39 is 0 Å². The van der Waals surface area contributed by atoms with Crippen LogP contribution in [0.5, 0.6) is 5.75 Å². The first kappa shape index (κ1) is 13.5. The van der Waals surface area contributed by atoms with Gasteiger partial charge in [0.25, 0.3) is 0 Å². The van der Waals surface area contributed by atoms with E-state index in [1.54, 1.807) is 16.8 Å². The number of hydrogen-bond donors (Lipinski definition) is 0. The van der Waals surface area contributed by atoms with Crippen molar-refractivity contribution in [3.8, 4) is 5.75 Å². The number of ether oxygens (including phenoxy) is 1. The van der Waals surface area contributed by atoms with Gasteiger partial charge in [-0.15, -0.1) is 0 Å². The lowest BCUT2D eigenvalue weighted by Gasteiger charge is -2.06. The SMILES string of the molecule is CCc1nn(C)c(COc2ccc(C=O)nc2)c1Cl. The molecule has 0 saturated carbocycles. The molecule has 2 aromatic heterocycles. The Kier molecular flexibility index (Phi) is 4.16. The average molecular weight is 280 g/mol. The summed E-state index contributed by atoms with van der Waals surface area (Å²) in [6.45, 7) is 2.31. The lowest BCUT2D eigenvalue weighted by Crippen LogP contribution is -2.04. The van der Waals surface area contributed by atoms with Gasteiger partial charge in [0.1, 0.15) is 18.1 Å². The third-order valence-corrected chi connectivity index (χ3v) is 3.19. The molecule has 0 radical (unpaired) electrons. The zero-order valence-electron chi connectivity index (χ0n) is 10.8. The van der Waals surface area contributed by atoms with Crippen molar-refractivity contribution in [1.29, 1.82) is 0 Å². The molecule has 0 unspecified atom stereocenters. The Morgan fingerprint density at radius 3 is 2.79 bits per heavy atom. The third kappa shape index (κ3) is 2.93. The summed E-state index contributed by atoms with van der Waals surface area (Å²) >= 11 is 6.22. The van der Waals surface area contributed by atoms with Crippen molar-refractivity contribution in [2.24, 2.45) is 7.05 Å². The number of carbonyl (C=O) groups is 1. The molecule has 0 atom stereocenters. The van der Waals surface area contributed by atoms with Gasteiger partial charge in [0.05, 0.1) is 22.6 Å². The fourth-order valence-electron chi connectivity index (χ4n) is 1.68. The summed E-state index contributed by atoms with van der Waals surface area (Å²) in [6, 6.07) is 3.30. The summed E-state index contributed by atoms with van der Waals surface area (Å²) < 4.78 is 7.30. The zero-order valence-corrected chi connectivity index (χ0v) is 11.5. The number of halogens is 1. The van der Waals surface area contributed by atoms with Crippen LogP contribution in [0.3, 0.4) is 0 Å². The molecule has 6 heteroatoms. The van der Waals surface area contributed by atoms with Crippen LogP contribution in [0.4, 0.5) is 0 Å². The van der Waals surface area contributed by atoms with Crippen LogP contribution >= 0.6 is 11.6 Å².